The maximum atomic E-state index is 13.2. The van der Waals surface area contributed by atoms with Crippen LogP contribution in [0.3, 0.4) is 0 Å². The third-order valence-electron chi connectivity index (χ3n) is 5.52. The molecule has 1 fully saturated rings. The van der Waals surface area contributed by atoms with E-state index < -0.39 is 22.8 Å². The van der Waals surface area contributed by atoms with E-state index in [2.05, 4.69) is 9.97 Å². The van der Waals surface area contributed by atoms with E-state index in [0.717, 1.165) is 11.1 Å². The number of ether oxygens (including phenoxy) is 2. The summed E-state index contributed by atoms with van der Waals surface area (Å²) in [5.74, 6) is -0.739. The summed E-state index contributed by atoms with van der Waals surface area (Å²) in [5, 5.41) is 0. The Morgan fingerprint density at radius 1 is 1.12 bits per heavy atom. The van der Waals surface area contributed by atoms with Gasteiger partial charge in [0.2, 0.25) is 0 Å². The zero-order valence-corrected chi connectivity index (χ0v) is 20.9. The van der Waals surface area contributed by atoms with Gasteiger partial charge in [-0.2, -0.15) is 0 Å². The molecule has 184 valence electrons. The van der Waals surface area contributed by atoms with Gasteiger partial charge in [-0.05, 0) is 83.6 Å². The van der Waals surface area contributed by atoms with Crippen LogP contribution in [-0.4, -0.2) is 51.2 Å². The van der Waals surface area contributed by atoms with Crippen molar-refractivity contribution in [3.05, 3.63) is 52.6 Å². The van der Waals surface area contributed by atoms with Crippen LogP contribution < -0.4 is 5.69 Å². The minimum absolute atomic E-state index is 0.0493. The summed E-state index contributed by atoms with van der Waals surface area (Å²) < 4.78 is 11.3. The van der Waals surface area contributed by atoms with E-state index in [-0.39, 0.29) is 18.0 Å². The highest BCUT2D eigenvalue weighted by molar-refractivity contribution is 5.74. The molecule has 3 rings (SSSR count). The molecule has 0 unspecified atom stereocenters. The third kappa shape index (κ3) is 7.17. The summed E-state index contributed by atoms with van der Waals surface area (Å²) in [5.41, 5.74) is 0.837. The van der Waals surface area contributed by atoms with Gasteiger partial charge in [0, 0.05) is 19.3 Å². The summed E-state index contributed by atoms with van der Waals surface area (Å²) in [7, 11) is 0. The first-order valence-corrected chi connectivity index (χ1v) is 11.7. The van der Waals surface area contributed by atoms with Crippen LogP contribution in [0.1, 0.15) is 53.5 Å². The van der Waals surface area contributed by atoms with E-state index in [1.807, 2.05) is 65.8 Å². The quantitative estimate of drug-likeness (QED) is 0.659. The van der Waals surface area contributed by atoms with Gasteiger partial charge < -0.3 is 19.4 Å². The van der Waals surface area contributed by atoms with Crippen molar-refractivity contribution in [2.75, 3.05) is 13.1 Å². The Morgan fingerprint density at radius 3 is 2.47 bits per heavy atom. The first-order valence-electron chi connectivity index (χ1n) is 11.7. The Kier molecular flexibility index (Phi) is 7.48. The number of likely N-dealkylation sites (tertiary alicyclic amines) is 1. The van der Waals surface area contributed by atoms with Crippen LogP contribution in [0.5, 0.6) is 0 Å². The van der Waals surface area contributed by atoms with Crippen LogP contribution in [0.4, 0.5) is 4.79 Å². The van der Waals surface area contributed by atoms with Crippen molar-refractivity contribution in [1.29, 1.82) is 0 Å². The Balaban J connectivity index is 1.82. The molecule has 2 heterocycles. The lowest BCUT2D eigenvalue weighted by atomic mass is 9.85. The molecule has 2 aromatic rings. The fourth-order valence-corrected chi connectivity index (χ4v) is 4.08. The molecule has 0 aliphatic carbocycles. The highest BCUT2D eigenvalue weighted by Gasteiger charge is 2.39. The van der Waals surface area contributed by atoms with E-state index in [1.54, 1.807) is 11.0 Å². The lowest BCUT2D eigenvalue weighted by molar-refractivity contribution is -0.161. The summed E-state index contributed by atoms with van der Waals surface area (Å²) in [4.78, 5) is 45.5. The van der Waals surface area contributed by atoms with Crippen molar-refractivity contribution in [3.63, 3.8) is 0 Å². The number of aromatic amines is 1. The molecule has 2 atom stereocenters. The van der Waals surface area contributed by atoms with E-state index in [0.29, 0.717) is 31.6 Å². The van der Waals surface area contributed by atoms with Gasteiger partial charge in [-0.1, -0.05) is 18.2 Å². The van der Waals surface area contributed by atoms with Gasteiger partial charge in [-0.3, -0.25) is 4.79 Å². The molecule has 1 N–H and O–H groups in total. The third-order valence-corrected chi connectivity index (χ3v) is 5.52. The second-order valence-electron chi connectivity index (χ2n) is 10.8. The van der Waals surface area contributed by atoms with Crippen LogP contribution in [-0.2, 0) is 20.7 Å². The normalized spacial score (nSPS) is 17.4. The predicted molar refractivity (Wildman–Crippen MR) is 129 cm³/mol. The van der Waals surface area contributed by atoms with Gasteiger partial charge in [-0.25, -0.2) is 14.6 Å². The second kappa shape index (κ2) is 9.99. The van der Waals surface area contributed by atoms with Crippen molar-refractivity contribution in [3.8, 4) is 11.3 Å². The molecule has 1 aromatic heterocycles. The van der Waals surface area contributed by atoms with Gasteiger partial charge in [0.05, 0.1) is 11.6 Å². The minimum atomic E-state index is -0.614. The number of esters is 1. The van der Waals surface area contributed by atoms with E-state index in [9.17, 15) is 14.4 Å². The van der Waals surface area contributed by atoms with Crippen LogP contribution in [0.25, 0.3) is 11.3 Å². The van der Waals surface area contributed by atoms with Crippen molar-refractivity contribution >= 4 is 12.1 Å². The van der Waals surface area contributed by atoms with E-state index >= 15 is 0 Å². The molecule has 1 amide bonds. The highest BCUT2D eigenvalue weighted by atomic mass is 16.6. The molecule has 1 aliphatic heterocycles. The van der Waals surface area contributed by atoms with Crippen molar-refractivity contribution in [2.45, 2.75) is 65.6 Å². The number of hydrogen-bond acceptors (Lipinski definition) is 6. The van der Waals surface area contributed by atoms with Crippen molar-refractivity contribution in [2.24, 2.45) is 11.8 Å². The van der Waals surface area contributed by atoms with Crippen molar-refractivity contribution < 1.29 is 19.1 Å². The van der Waals surface area contributed by atoms with Crippen molar-refractivity contribution in [1.82, 2.24) is 14.9 Å². The molecule has 0 radical (unpaired) electrons. The number of carbonyl (C=O) groups excluding carboxylic acids is 2. The average molecular weight is 470 g/mol. The lowest BCUT2D eigenvalue weighted by Gasteiger charge is -2.28. The number of rotatable bonds is 5. The first kappa shape index (κ1) is 25.5. The zero-order chi connectivity index (χ0) is 25.1. The number of benzene rings is 1. The Bertz CT molecular complexity index is 1080. The predicted octanol–water partition coefficient (Wildman–Crippen LogP) is 4.19. The fourth-order valence-electron chi connectivity index (χ4n) is 4.08. The lowest BCUT2D eigenvalue weighted by Crippen LogP contribution is -2.38. The number of hydrogen-bond donors (Lipinski definition) is 1. The monoisotopic (exact) mass is 469 g/mol. The molecule has 8 nitrogen and oxygen atoms in total. The molecule has 1 aliphatic rings. The number of carbonyl (C=O) groups is 2. The van der Waals surface area contributed by atoms with Gasteiger partial charge in [0.1, 0.15) is 11.2 Å². The Morgan fingerprint density at radius 2 is 1.82 bits per heavy atom. The largest absolute Gasteiger partial charge is 0.460 e. The molecule has 1 saturated heterocycles. The van der Waals surface area contributed by atoms with Crippen LogP contribution >= 0.6 is 0 Å². The van der Waals surface area contributed by atoms with Crippen LogP contribution in [0.2, 0.25) is 0 Å². The highest BCUT2D eigenvalue weighted by Crippen LogP contribution is 2.31. The van der Waals surface area contributed by atoms with Crippen LogP contribution in [0, 0.1) is 11.8 Å². The fraction of sp³-hybridized carbons (Fsp3) is 0.538. The molecule has 8 heteroatoms. The second-order valence-corrected chi connectivity index (χ2v) is 10.8. The van der Waals surface area contributed by atoms with Crippen LogP contribution in [0.15, 0.2) is 41.3 Å². The maximum absolute atomic E-state index is 13.2. The Hall–Kier alpha value is -3.16. The van der Waals surface area contributed by atoms with Gasteiger partial charge in [-0.15, -0.1) is 0 Å². The van der Waals surface area contributed by atoms with Gasteiger partial charge in [0.15, 0.2) is 0 Å². The average Bonchev–Trinajstić information content (AvgIpc) is 3.20. The zero-order valence-electron chi connectivity index (χ0n) is 20.9. The number of nitrogens with one attached hydrogen (secondary N) is 1. The standard InChI is InChI=1S/C26H35N3O5/c1-25(2,3)33-22(30)20(19-11-13-29(16-19)24(32)34-26(4,5)6)15-17-8-7-9-18(14-17)21-10-12-27-23(31)28-21/h7-10,12,14,19-20H,11,13,15-16H2,1-6H3,(H,27,28,31)/t19-,20-/m0/s1. The topological polar surface area (TPSA) is 102 Å². The molecule has 0 bridgehead atoms. The molecular weight excluding hydrogens is 434 g/mol. The SMILES string of the molecule is CC(C)(C)OC(=O)[C@@H](Cc1cccc(-c2ccnc(=O)[nH]2)c1)[C@H]1CCN(C(=O)OC(C)(C)C)C1. The molecule has 1 aromatic carbocycles. The summed E-state index contributed by atoms with van der Waals surface area (Å²) >= 11 is 0. The van der Waals surface area contributed by atoms with Gasteiger partial charge in [0.25, 0.3) is 0 Å². The summed E-state index contributed by atoms with van der Waals surface area (Å²) in [6.07, 6.45) is 2.26. The summed E-state index contributed by atoms with van der Waals surface area (Å²) in [6.45, 7) is 12.0. The van der Waals surface area contributed by atoms with E-state index in [4.69, 9.17) is 9.47 Å². The van der Waals surface area contributed by atoms with E-state index in [1.165, 1.54) is 6.20 Å². The minimum Gasteiger partial charge on any atom is -0.460 e. The molecule has 0 saturated carbocycles. The number of aromatic nitrogens is 2. The maximum Gasteiger partial charge on any atom is 0.410 e. The number of amides is 1. The Labute approximate surface area is 200 Å². The first-order chi connectivity index (χ1) is 15.8. The molecule has 0 spiro atoms. The molecule has 34 heavy (non-hydrogen) atoms. The van der Waals surface area contributed by atoms with Gasteiger partial charge >= 0.3 is 17.8 Å². The number of nitrogens with zero attached hydrogens (tertiary/aromatic N) is 2. The smallest absolute Gasteiger partial charge is 0.410 e. The summed E-state index contributed by atoms with van der Waals surface area (Å²) in [6, 6.07) is 9.46. The number of H-pyrrole nitrogens is 1. The molecular formula is C26H35N3O5.